The van der Waals surface area contributed by atoms with Crippen molar-refractivity contribution in [3.8, 4) is 5.75 Å². The van der Waals surface area contributed by atoms with Crippen molar-refractivity contribution >= 4 is 22.6 Å². The third-order valence-corrected chi connectivity index (χ3v) is 5.69. The molecule has 0 N–H and O–H groups in total. The maximum Gasteiger partial charge on any atom is 0.340 e. The zero-order valence-electron chi connectivity index (χ0n) is 19.6. The average Bonchev–Trinajstić information content (AvgIpc) is 2.83. The molecule has 0 saturated heterocycles. The first-order chi connectivity index (χ1) is 16.1. The smallest absolute Gasteiger partial charge is 0.340 e. The van der Waals surface area contributed by atoms with Crippen LogP contribution in [0.2, 0.25) is 0 Å². The number of esters is 1. The van der Waals surface area contributed by atoms with Gasteiger partial charge in [-0.25, -0.2) is 4.79 Å². The van der Waals surface area contributed by atoms with E-state index in [9.17, 15) is 4.79 Å². The first-order valence-corrected chi connectivity index (χ1v) is 11.4. The van der Waals surface area contributed by atoms with E-state index in [0.29, 0.717) is 30.2 Å². The molecule has 4 rings (SSSR count). The molecule has 1 unspecified atom stereocenters. The van der Waals surface area contributed by atoms with Crippen molar-refractivity contribution < 1.29 is 19.0 Å². The van der Waals surface area contributed by atoms with E-state index in [0.717, 1.165) is 27.5 Å². The monoisotopic (exact) mass is 443 g/mol. The fourth-order valence-electron chi connectivity index (χ4n) is 4.17. The van der Waals surface area contributed by atoms with E-state index in [4.69, 9.17) is 14.2 Å². The molecule has 0 bridgehead atoms. The summed E-state index contributed by atoms with van der Waals surface area (Å²) in [6, 6.07) is 20.3. The third-order valence-electron chi connectivity index (χ3n) is 5.69. The summed E-state index contributed by atoms with van der Waals surface area (Å²) in [5, 5.41) is 2.11. The van der Waals surface area contributed by atoms with Crippen molar-refractivity contribution in [2.75, 3.05) is 13.2 Å². The molecule has 0 aromatic heterocycles. The Bertz CT molecular complexity index is 1220. The highest BCUT2D eigenvalue weighted by Gasteiger charge is 2.37. The quantitative estimate of drug-likeness (QED) is 0.255. The number of benzene rings is 3. The second-order valence-electron chi connectivity index (χ2n) is 7.88. The van der Waals surface area contributed by atoms with E-state index in [-0.39, 0.29) is 12.5 Å². The first-order valence-electron chi connectivity index (χ1n) is 11.4. The number of hydrogen-bond acceptors (Lipinski definition) is 5. The molecular weight excluding hydrogens is 414 g/mol. The van der Waals surface area contributed by atoms with E-state index in [2.05, 4.69) is 41.4 Å². The Balaban J connectivity index is 2.03. The van der Waals surface area contributed by atoms with Crippen LogP contribution in [0, 0.1) is 6.92 Å². The highest BCUT2D eigenvalue weighted by Crippen LogP contribution is 2.47. The summed E-state index contributed by atoms with van der Waals surface area (Å²) in [4.78, 5) is 18.0. The number of carbonyl (C=O) groups excluding carboxylic acids is 1. The van der Waals surface area contributed by atoms with Crippen LogP contribution in [0.25, 0.3) is 10.8 Å². The molecule has 0 aliphatic carbocycles. The van der Waals surface area contributed by atoms with Crippen LogP contribution in [0.5, 0.6) is 5.75 Å². The summed E-state index contributed by atoms with van der Waals surface area (Å²) < 4.78 is 17.5. The molecule has 1 atom stereocenters. The van der Waals surface area contributed by atoms with Crippen molar-refractivity contribution in [2.24, 2.45) is 4.99 Å². The normalized spacial score (nSPS) is 15.8. The van der Waals surface area contributed by atoms with Gasteiger partial charge in [0.25, 0.3) is 0 Å². The van der Waals surface area contributed by atoms with Gasteiger partial charge in [0.2, 0.25) is 5.88 Å². The number of nitrogens with zero attached hydrogens (tertiary/aromatic N) is 1. The van der Waals surface area contributed by atoms with Crippen LogP contribution in [-0.2, 0) is 14.3 Å². The Morgan fingerprint density at radius 3 is 2.36 bits per heavy atom. The van der Waals surface area contributed by atoms with Crippen LogP contribution >= 0.6 is 0 Å². The van der Waals surface area contributed by atoms with Crippen LogP contribution < -0.4 is 4.74 Å². The van der Waals surface area contributed by atoms with Gasteiger partial charge in [-0.05, 0) is 43.2 Å². The molecule has 1 heterocycles. The van der Waals surface area contributed by atoms with Gasteiger partial charge < -0.3 is 14.2 Å². The van der Waals surface area contributed by atoms with Crippen LogP contribution in [-0.4, -0.2) is 25.1 Å². The fourth-order valence-corrected chi connectivity index (χ4v) is 4.17. The molecule has 5 nitrogen and oxygen atoms in total. The van der Waals surface area contributed by atoms with Crippen molar-refractivity contribution in [3.63, 3.8) is 0 Å². The number of carbonyl (C=O) groups is 1. The van der Waals surface area contributed by atoms with Crippen LogP contribution in [0.4, 0.5) is 0 Å². The molecule has 0 spiro atoms. The Hall–Kier alpha value is -3.60. The van der Waals surface area contributed by atoms with E-state index in [1.54, 1.807) is 6.92 Å². The molecule has 1 aliphatic rings. The number of ether oxygens (including phenoxy) is 3. The molecule has 5 heteroatoms. The Kier molecular flexibility index (Phi) is 6.78. The minimum Gasteiger partial charge on any atom is -0.481 e. The lowest BCUT2D eigenvalue weighted by Crippen LogP contribution is -2.24. The van der Waals surface area contributed by atoms with Crippen molar-refractivity contribution in [1.82, 2.24) is 0 Å². The van der Waals surface area contributed by atoms with E-state index in [1.807, 2.05) is 45.0 Å². The van der Waals surface area contributed by atoms with Crippen LogP contribution in [0.1, 0.15) is 49.8 Å². The Labute approximate surface area is 194 Å². The predicted octanol–water partition coefficient (Wildman–Crippen LogP) is 6.29. The molecule has 0 fully saturated rings. The molecule has 0 saturated carbocycles. The standard InChI is InChI=1S/C28H29NO4/c1-5-23(31-6-2)29-27-26(28(30)32-7-3)24(20-14-12-18(4)13-15-20)25-21-11-9-8-10-19(21)16-17-22(25)33-27/h8-17,24H,5-7H2,1-4H3/b29-23+. The highest BCUT2D eigenvalue weighted by molar-refractivity contribution is 5.97. The molecule has 3 aromatic rings. The summed E-state index contributed by atoms with van der Waals surface area (Å²) in [6.07, 6.45) is 0.580. The lowest BCUT2D eigenvalue weighted by Gasteiger charge is -2.30. The number of fused-ring (bicyclic) bond motifs is 3. The topological polar surface area (TPSA) is 57.1 Å². The zero-order valence-corrected chi connectivity index (χ0v) is 19.6. The van der Waals surface area contributed by atoms with Gasteiger partial charge in [-0.15, -0.1) is 0 Å². The molecule has 1 aliphatic heterocycles. The van der Waals surface area contributed by atoms with Crippen LogP contribution in [0.15, 0.2) is 77.1 Å². The average molecular weight is 444 g/mol. The lowest BCUT2D eigenvalue weighted by molar-refractivity contribution is -0.139. The summed E-state index contributed by atoms with van der Waals surface area (Å²) >= 11 is 0. The van der Waals surface area contributed by atoms with Gasteiger partial charge >= 0.3 is 5.97 Å². The number of rotatable bonds is 6. The van der Waals surface area contributed by atoms with Crippen LogP contribution in [0.3, 0.4) is 0 Å². The molecule has 3 aromatic carbocycles. The van der Waals surface area contributed by atoms with Gasteiger partial charge in [0.1, 0.15) is 11.3 Å². The Morgan fingerprint density at radius 1 is 0.939 bits per heavy atom. The minimum atomic E-state index is -0.438. The minimum absolute atomic E-state index is 0.229. The third kappa shape index (κ3) is 4.49. The summed E-state index contributed by atoms with van der Waals surface area (Å²) in [5.74, 6) is 0.594. The maximum absolute atomic E-state index is 13.4. The van der Waals surface area contributed by atoms with Gasteiger partial charge in [0, 0.05) is 12.0 Å². The van der Waals surface area contributed by atoms with Crippen molar-refractivity contribution in [1.29, 1.82) is 0 Å². The molecule has 170 valence electrons. The number of hydrogen-bond donors (Lipinski definition) is 0. The van der Waals surface area contributed by atoms with Gasteiger partial charge in [-0.2, -0.15) is 4.99 Å². The molecular formula is C28H29NO4. The van der Waals surface area contributed by atoms with Gasteiger partial charge in [-0.1, -0.05) is 67.1 Å². The largest absolute Gasteiger partial charge is 0.481 e. The Morgan fingerprint density at radius 2 is 1.67 bits per heavy atom. The lowest BCUT2D eigenvalue weighted by atomic mass is 9.80. The van der Waals surface area contributed by atoms with Gasteiger partial charge in [-0.3, -0.25) is 0 Å². The number of aryl methyl sites for hydroxylation is 1. The molecule has 0 radical (unpaired) electrons. The second-order valence-corrected chi connectivity index (χ2v) is 7.88. The molecule has 33 heavy (non-hydrogen) atoms. The van der Waals surface area contributed by atoms with Gasteiger partial charge in [0.15, 0.2) is 5.90 Å². The second kappa shape index (κ2) is 9.90. The fraction of sp³-hybridized carbons (Fsp3) is 0.286. The van der Waals surface area contributed by atoms with Crippen molar-refractivity contribution in [3.05, 3.63) is 88.8 Å². The van der Waals surface area contributed by atoms with Gasteiger partial charge in [0.05, 0.1) is 19.1 Å². The number of aliphatic imine (C=N–C) groups is 1. The van der Waals surface area contributed by atoms with E-state index < -0.39 is 11.9 Å². The van der Waals surface area contributed by atoms with E-state index >= 15 is 0 Å². The zero-order chi connectivity index (χ0) is 23.4. The summed E-state index contributed by atoms with van der Waals surface area (Å²) in [7, 11) is 0. The van der Waals surface area contributed by atoms with Crippen molar-refractivity contribution in [2.45, 2.75) is 40.0 Å². The highest BCUT2D eigenvalue weighted by atomic mass is 16.5. The summed E-state index contributed by atoms with van der Waals surface area (Å²) in [6.45, 7) is 8.45. The first kappa shape index (κ1) is 22.6. The SMILES string of the molecule is CCOC(=O)C1=C(/N=C(\CC)OCC)Oc2ccc3ccccc3c2C1c1ccc(C)cc1. The molecule has 0 amide bonds. The van der Waals surface area contributed by atoms with E-state index in [1.165, 1.54) is 0 Å². The predicted molar refractivity (Wildman–Crippen MR) is 131 cm³/mol. The summed E-state index contributed by atoms with van der Waals surface area (Å²) in [5.41, 5.74) is 3.45. The maximum atomic E-state index is 13.4.